The van der Waals surface area contributed by atoms with E-state index >= 15 is 0 Å². The predicted molar refractivity (Wildman–Crippen MR) is 156 cm³/mol. The summed E-state index contributed by atoms with van der Waals surface area (Å²) in [5, 5.41) is 14.7. The molecule has 39 heavy (non-hydrogen) atoms. The zero-order valence-electron chi connectivity index (χ0n) is 21.7. The number of thioether (sulfide) groups is 1. The van der Waals surface area contributed by atoms with Crippen LogP contribution in [-0.4, -0.2) is 77.9 Å². The number of nitrogens with two attached hydrogens (primary N) is 1. The van der Waals surface area contributed by atoms with Gasteiger partial charge in [0.05, 0.1) is 6.04 Å². The van der Waals surface area contributed by atoms with Crippen LogP contribution in [0.15, 0.2) is 48.5 Å². The number of hydrogen-bond acceptors (Lipinski definition) is 6. The van der Waals surface area contributed by atoms with Crippen molar-refractivity contribution < 1.29 is 23.9 Å². The van der Waals surface area contributed by atoms with Gasteiger partial charge in [-0.15, -0.1) is 23.2 Å². The first kappa shape index (κ1) is 32.7. The van der Waals surface area contributed by atoms with Gasteiger partial charge in [-0.2, -0.15) is 11.8 Å². The van der Waals surface area contributed by atoms with E-state index in [-0.39, 0.29) is 19.3 Å². The maximum Gasteiger partial charge on any atom is 0.326 e. The number of benzene rings is 2. The quantitative estimate of drug-likeness (QED) is 0.206. The number of halogens is 3. The maximum atomic E-state index is 13.4. The number of carbonyl (C=O) groups is 3. The Morgan fingerprint density at radius 3 is 2.21 bits per heavy atom. The number of alkyl halides is 2. The lowest BCUT2D eigenvalue weighted by Crippen LogP contribution is -2.55. The summed E-state index contributed by atoms with van der Waals surface area (Å²) >= 11 is 13.3. The molecule has 5 N–H and O–H groups in total. The van der Waals surface area contributed by atoms with Crippen LogP contribution in [0.25, 0.3) is 0 Å². The van der Waals surface area contributed by atoms with Crippen molar-refractivity contribution in [1.82, 2.24) is 10.6 Å². The molecule has 0 saturated carbocycles. The van der Waals surface area contributed by atoms with Crippen LogP contribution in [0, 0.1) is 5.82 Å². The second-order valence-corrected chi connectivity index (χ2v) is 10.7. The van der Waals surface area contributed by atoms with E-state index in [1.807, 2.05) is 35.4 Å². The Morgan fingerprint density at radius 1 is 0.974 bits per heavy atom. The number of rotatable bonds is 17. The van der Waals surface area contributed by atoms with Crippen molar-refractivity contribution in [2.24, 2.45) is 5.73 Å². The number of aliphatic carboxylic acids is 1. The lowest BCUT2D eigenvalue weighted by atomic mass is 10.0. The molecular formula is C27H35Cl2FN4O4S. The monoisotopic (exact) mass is 600 g/mol. The lowest BCUT2D eigenvalue weighted by molar-refractivity contribution is -0.142. The van der Waals surface area contributed by atoms with E-state index < -0.39 is 41.7 Å². The van der Waals surface area contributed by atoms with E-state index in [1.54, 1.807) is 0 Å². The van der Waals surface area contributed by atoms with Gasteiger partial charge in [0.2, 0.25) is 11.8 Å². The van der Waals surface area contributed by atoms with Crippen LogP contribution < -0.4 is 21.3 Å². The highest BCUT2D eigenvalue weighted by Gasteiger charge is 2.28. The number of amides is 2. The average Bonchev–Trinajstić information content (AvgIpc) is 2.91. The molecule has 214 valence electrons. The van der Waals surface area contributed by atoms with Crippen LogP contribution in [0.2, 0.25) is 0 Å². The third-order valence-corrected chi connectivity index (χ3v) is 6.97. The number of anilines is 1. The molecule has 0 fully saturated rings. The van der Waals surface area contributed by atoms with E-state index in [0.29, 0.717) is 36.2 Å². The van der Waals surface area contributed by atoms with Crippen molar-refractivity contribution in [3.63, 3.8) is 0 Å². The van der Waals surface area contributed by atoms with Crippen molar-refractivity contribution in [3.8, 4) is 0 Å². The summed E-state index contributed by atoms with van der Waals surface area (Å²) in [6, 6.07) is 9.85. The van der Waals surface area contributed by atoms with E-state index in [1.165, 1.54) is 36.0 Å². The van der Waals surface area contributed by atoms with Gasteiger partial charge in [0.25, 0.3) is 0 Å². The third-order valence-electron chi connectivity index (χ3n) is 5.99. The molecular weight excluding hydrogens is 566 g/mol. The average molecular weight is 602 g/mol. The first-order valence-corrected chi connectivity index (χ1v) is 14.9. The molecule has 2 rings (SSSR count). The first-order valence-electron chi connectivity index (χ1n) is 12.5. The summed E-state index contributed by atoms with van der Waals surface area (Å²) in [7, 11) is 0. The number of carboxylic acids is 1. The van der Waals surface area contributed by atoms with Gasteiger partial charge in [-0.05, 0) is 60.2 Å². The Bertz CT molecular complexity index is 1070. The van der Waals surface area contributed by atoms with Crippen LogP contribution in [0.5, 0.6) is 0 Å². The topological polar surface area (TPSA) is 125 Å². The summed E-state index contributed by atoms with van der Waals surface area (Å²) in [6.45, 7) is 1.22. The molecule has 8 nitrogen and oxygen atoms in total. The zero-order valence-corrected chi connectivity index (χ0v) is 24.1. The third kappa shape index (κ3) is 11.2. The highest BCUT2D eigenvalue weighted by atomic mass is 35.5. The predicted octanol–water partition coefficient (Wildman–Crippen LogP) is 3.03. The van der Waals surface area contributed by atoms with Gasteiger partial charge >= 0.3 is 5.97 Å². The molecule has 0 radical (unpaired) electrons. The lowest BCUT2D eigenvalue weighted by Gasteiger charge is -2.24. The Hall–Kier alpha value is -2.53. The fourth-order valence-electron chi connectivity index (χ4n) is 3.91. The summed E-state index contributed by atoms with van der Waals surface area (Å²) in [5.41, 5.74) is 8.53. The van der Waals surface area contributed by atoms with Crippen molar-refractivity contribution in [2.45, 2.75) is 37.4 Å². The number of nitrogens with one attached hydrogen (secondary N) is 2. The minimum atomic E-state index is -1.17. The number of hydrogen-bond donors (Lipinski definition) is 4. The van der Waals surface area contributed by atoms with Crippen LogP contribution >= 0.6 is 35.0 Å². The smallest absolute Gasteiger partial charge is 0.326 e. The van der Waals surface area contributed by atoms with Crippen LogP contribution in [-0.2, 0) is 27.2 Å². The molecule has 0 heterocycles. The minimum absolute atomic E-state index is 0.0285. The molecule has 0 bridgehead atoms. The van der Waals surface area contributed by atoms with Gasteiger partial charge in [-0.1, -0.05) is 24.3 Å². The summed E-state index contributed by atoms with van der Waals surface area (Å²) < 4.78 is 13.4. The Morgan fingerprint density at radius 2 is 1.62 bits per heavy atom. The minimum Gasteiger partial charge on any atom is -0.480 e. The molecule has 3 atom stereocenters. The molecule has 2 aromatic carbocycles. The van der Waals surface area contributed by atoms with E-state index in [2.05, 4.69) is 10.6 Å². The number of nitrogens with zero attached hydrogens (tertiary/aromatic N) is 1. The number of carboxylic acid groups (broad SMARTS) is 1. The Balaban J connectivity index is 2.17. The van der Waals surface area contributed by atoms with E-state index in [0.717, 1.165) is 11.3 Å². The van der Waals surface area contributed by atoms with Crippen molar-refractivity contribution in [1.29, 1.82) is 0 Å². The molecule has 2 amide bonds. The maximum absolute atomic E-state index is 13.4. The van der Waals surface area contributed by atoms with Crippen molar-refractivity contribution in [3.05, 3.63) is 65.5 Å². The van der Waals surface area contributed by atoms with Crippen LogP contribution in [0.1, 0.15) is 17.5 Å². The van der Waals surface area contributed by atoms with Gasteiger partial charge in [-0.3, -0.25) is 9.59 Å². The summed E-state index contributed by atoms with van der Waals surface area (Å²) in [6.07, 6.45) is 2.29. The number of carbonyl (C=O) groups excluding carboxylic acids is 2. The molecule has 0 spiro atoms. The largest absolute Gasteiger partial charge is 0.480 e. The van der Waals surface area contributed by atoms with E-state index in [4.69, 9.17) is 28.9 Å². The van der Waals surface area contributed by atoms with Crippen LogP contribution in [0.4, 0.5) is 10.1 Å². The fourth-order valence-corrected chi connectivity index (χ4v) is 4.79. The summed E-state index contributed by atoms with van der Waals surface area (Å²) in [5.74, 6) is -1.44. The molecule has 0 aliphatic heterocycles. The first-order chi connectivity index (χ1) is 18.7. The molecule has 0 unspecified atom stereocenters. The molecule has 2 aromatic rings. The van der Waals surface area contributed by atoms with Crippen molar-refractivity contribution in [2.75, 3.05) is 41.8 Å². The normalized spacial score (nSPS) is 13.3. The second-order valence-electron chi connectivity index (χ2n) is 8.92. The van der Waals surface area contributed by atoms with Gasteiger partial charge in [0.1, 0.15) is 17.9 Å². The Labute approximate surface area is 242 Å². The fraction of sp³-hybridized carbons (Fsp3) is 0.444. The van der Waals surface area contributed by atoms with Crippen LogP contribution in [0.3, 0.4) is 0 Å². The highest BCUT2D eigenvalue weighted by molar-refractivity contribution is 7.98. The highest BCUT2D eigenvalue weighted by Crippen LogP contribution is 2.18. The molecule has 0 aliphatic carbocycles. The second kappa shape index (κ2) is 17.2. The van der Waals surface area contributed by atoms with Gasteiger partial charge in [-0.25, -0.2) is 9.18 Å². The Kier molecular flexibility index (Phi) is 14.4. The molecule has 0 aliphatic rings. The molecule has 12 heteroatoms. The van der Waals surface area contributed by atoms with Gasteiger partial charge < -0.3 is 26.4 Å². The molecule has 0 aromatic heterocycles. The van der Waals surface area contributed by atoms with Gasteiger partial charge in [0, 0.05) is 37.0 Å². The zero-order chi connectivity index (χ0) is 28.8. The standard InChI is InChI=1S/C27H35Cl2FN4O4S/c1-39-14-9-23(27(37)38)32-26(36)24(17-18-5-7-20(30)8-6-18)33-25(35)22(31)16-19-3-2-4-21(15-19)34(12-10-28)13-11-29/h2-8,15,22-24H,9-14,16-17,31H2,1H3,(H,32,36)(H,33,35)(H,37,38)/t22-,23-,24-/m0/s1. The molecule has 0 saturated heterocycles. The van der Waals surface area contributed by atoms with Gasteiger partial charge in [0.15, 0.2) is 0 Å². The summed E-state index contributed by atoms with van der Waals surface area (Å²) in [4.78, 5) is 39.9. The van der Waals surface area contributed by atoms with Crippen molar-refractivity contribution >= 4 is 58.4 Å². The van der Waals surface area contributed by atoms with E-state index in [9.17, 15) is 23.9 Å². The SMILES string of the molecule is CSCC[C@H](NC(=O)[C@H](Cc1ccc(F)cc1)NC(=O)[C@@H](N)Cc1cccc(N(CCCl)CCCl)c1)C(=O)O.